The Balaban J connectivity index is 2.66. The van der Waals surface area contributed by atoms with E-state index in [2.05, 4.69) is 19.9 Å². The normalized spacial score (nSPS) is 10.8. The quantitative estimate of drug-likeness (QED) is 0.636. The van der Waals surface area contributed by atoms with Gasteiger partial charge in [-0.15, -0.1) is 0 Å². The van der Waals surface area contributed by atoms with Crippen molar-refractivity contribution in [3.63, 3.8) is 0 Å². The summed E-state index contributed by atoms with van der Waals surface area (Å²) in [6.45, 7) is 2.33. The van der Waals surface area contributed by atoms with Gasteiger partial charge in [0.05, 0.1) is 6.61 Å². The molecule has 1 N–H and O–H groups in total. The van der Waals surface area contributed by atoms with Crippen LogP contribution in [0.5, 0.6) is 5.88 Å². The molecule has 0 bridgehead atoms. The fourth-order valence-corrected chi connectivity index (χ4v) is 1.39. The smallest absolute Gasteiger partial charge is 0.244 e. The predicted octanol–water partition coefficient (Wildman–Crippen LogP) is 2.06. The summed E-state index contributed by atoms with van der Waals surface area (Å²) in [6, 6.07) is 0. The van der Waals surface area contributed by atoms with Crippen LogP contribution in [0.4, 0.5) is 0 Å². The second-order valence-corrected chi connectivity index (χ2v) is 3.15. The molecule has 7 heteroatoms. The minimum atomic E-state index is 0.0871. The van der Waals surface area contributed by atoms with Gasteiger partial charge >= 0.3 is 0 Å². The minimum Gasteiger partial charge on any atom is -0.476 e. The lowest BCUT2D eigenvalue weighted by Gasteiger charge is -2.01. The monoisotopic (exact) mass is 232 g/mol. The van der Waals surface area contributed by atoms with Crippen molar-refractivity contribution >= 4 is 34.4 Å². The molecule has 2 rings (SSSR count). The first-order valence-electron chi connectivity index (χ1n) is 3.92. The Morgan fingerprint density at radius 1 is 1.29 bits per heavy atom. The molecular weight excluding hydrogens is 227 g/mol. The average molecular weight is 233 g/mol. The Morgan fingerprint density at radius 3 is 2.79 bits per heavy atom. The van der Waals surface area contributed by atoms with Crippen LogP contribution >= 0.6 is 23.2 Å². The third-order valence-corrected chi connectivity index (χ3v) is 1.89. The molecule has 0 fully saturated rings. The third kappa shape index (κ3) is 1.60. The molecule has 0 unspecified atom stereocenters. The molecule has 0 atom stereocenters. The van der Waals surface area contributed by atoms with E-state index in [4.69, 9.17) is 27.9 Å². The summed E-state index contributed by atoms with van der Waals surface area (Å²) < 4.78 is 5.25. The second kappa shape index (κ2) is 3.59. The van der Waals surface area contributed by atoms with Gasteiger partial charge < -0.3 is 9.72 Å². The largest absolute Gasteiger partial charge is 0.476 e. The van der Waals surface area contributed by atoms with Gasteiger partial charge in [-0.25, -0.2) is 0 Å². The van der Waals surface area contributed by atoms with Gasteiger partial charge in [-0.3, -0.25) is 0 Å². The van der Waals surface area contributed by atoms with Crippen molar-refractivity contribution in [3.05, 3.63) is 10.6 Å². The van der Waals surface area contributed by atoms with Crippen molar-refractivity contribution in [1.29, 1.82) is 0 Å². The van der Waals surface area contributed by atoms with Gasteiger partial charge in [0.2, 0.25) is 16.4 Å². The lowest BCUT2D eigenvalue weighted by Crippen LogP contribution is -1.97. The number of fused-ring (bicyclic) bond motifs is 1. The molecule has 2 aromatic rings. The molecule has 5 nitrogen and oxygen atoms in total. The van der Waals surface area contributed by atoms with Crippen molar-refractivity contribution in [2.24, 2.45) is 0 Å². The highest BCUT2D eigenvalue weighted by molar-refractivity contribution is 6.29. The van der Waals surface area contributed by atoms with Crippen molar-refractivity contribution < 1.29 is 4.74 Å². The standard InChI is InChI=1S/C7H6Cl2N4O/c1-2-14-5-3-4(11-6(8)10-3)12-7(9)13-5/h2H2,1H3,(H,10,11,12,13). The highest BCUT2D eigenvalue weighted by Crippen LogP contribution is 2.23. The number of hydrogen-bond donors (Lipinski definition) is 1. The number of H-pyrrole nitrogens is 1. The van der Waals surface area contributed by atoms with Crippen LogP contribution in [0.25, 0.3) is 11.2 Å². The summed E-state index contributed by atoms with van der Waals surface area (Å²) in [5.74, 6) is 0.363. The number of imidazole rings is 1. The summed E-state index contributed by atoms with van der Waals surface area (Å²) in [4.78, 5) is 14.5. The summed E-state index contributed by atoms with van der Waals surface area (Å²) in [5.41, 5.74) is 0.958. The molecule has 0 aliphatic heterocycles. The van der Waals surface area contributed by atoms with Crippen LogP contribution in [0.15, 0.2) is 0 Å². The van der Waals surface area contributed by atoms with Gasteiger partial charge in [-0.1, -0.05) is 0 Å². The van der Waals surface area contributed by atoms with Crippen molar-refractivity contribution in [1.82, 2.24) is 19.9 Å². The van der Waals surface area contributed by atoms with Gasteiger partial charge in [0, 0.05) is 0 Å². The van der Waals surface area contributed by atoms with E-state index in [1.807, 2.05) is 6.92 Å². The number of aromatic nitrogens is 4. The first-order valence-corrected chi connectivity index (χ1v) is 4.68. The van der Waals surface area contributed by atoms with E-state index >= 15 is 0 Å². The van der Waals surface area contributed by atoms with Gasteiger partial charge in [-0.05, 0) is 30.1 Å². The number of nitrogens with zero attached hydrogens (tertiary/aromatic N) is 3. The lowest BCUT2D eigenvalue weighted by atomic mass is 10.5. The molecular formula is C7H6Cl2N4O. The van der Waals surface area contributed by atoms with Crippen LogP contribution in [-0.2, 0) is 0 Å². The average Bonchev–Trinajstić information content (AvgIpc) is 2.45. The van der Waals surface area contributed by atoms with E-state index in [9.17, 15) is 0 Å². The van der Waals surface area contributed by atoms with E-state index in [-0.39, 0.29) is 10.6 Å². The van der Waals surface area contributed by atoms with E-state index < -0.39 is 0 Å². The van der Waals surface area contributed by atoms with Gasteiger partial charge in [-0.2, -0.15) is 15.0 Å². The number of nitrogens with one attached hydrogen (secondary N) is 1. The Labute approximate surface area is 89.4 Å². The number of hydrogen-bond acceptors (Lipinski definition) is 4. The molecule has 0 saturated carbocycles. The molecule has 0 spiro atoms. The van der Waals surface area contributed by atoms with Crippen molar-refractivity contribution in [2.75, 3.05) is 6.61 Å². The number of rotatable bonds is 2. The molecule has 2 aromatic heterocycles. The van der Waals surface area contributed by atoms with Crippen LogP contribution < -0.4 is 4.74 Å². The van der Waals surface area contributed by atoms with Gasteiger partial charge in [0.25, 0.3) is 0 Å². The Kier molecular flexibility index (Phi) is 2.43. The number of ether oxygens (including phenoxy) is 1. The Hall–Kier alpha value is -1.07. The molecule has 74 valence electrons. The van der Waals surface area contributed by atoms with E-state index in [0.717, 1.165) is 0 Å². The van der Waals surface area contributed by atoms with Crippen LogP contribution in [-0.4, -0.2) is 26.5 Å². The predicted molar refractivity (Wildman–Crippen MR) is 52.9 cm³/mol. The van der Waals surface area contributed by atoms with Crippen LogP contribution in [0.2, 0.25) is 10.6 Å². The fourth-order valence-electron chi connectivity index (χ4n) is 1.06. The summed E-state index contributed by atoms with van der Waals surface area (Å²) in [7, 11) is 0. The van der Waals surface area contributed by atoms with Crippen LogP contribution in [0, 0.1) is 0 Å². The molecule has 0 radical (unpaired) electrons. The second-order valence-electron chi connectivity index (χ2n) is 2.46. The topological polar surface area (TPSA) is 63.7 Å². The Morgan fingerprint density at radius 2 is 2.07 bits per heavy atom. The van der Waals surface area contributed by atoms with Crippen molar-refractivity contribution in [3.8, 4) is 5.88 Å². The first kappa shape index (κ1) is 9.48. The maximum Gasteiger partial charge on any atom is 0.244 e. The van der Waals surface area contributed by atoms with Crippen LogP contribution in [0.3, 0.4) is 0 Å². The molecule has 0 aliphatic carbocycles. The van der Waals surface area contributed by atoms with E-state index in [1.165, 1.54) is 0 Å². The highest BCUT2D eigenvalue weighted by Gasteiger charge is 2.11. The van der Waals surface area contributed by atoms with E-state index in [1.54, 1.807) is 0 Å². The summed E-state index contributed by atoms with van der Waals surface area (Å²) in [6.07, 6.45) is 0. The van der Waals surface area contributed by atoms with Crippen molar-refractivity contribution in [2.45, 2.75) is 6.92 Å². The zero-order chi connectivity index (χ0) is 10.1. The summed E-state index contributed by atoms with van der Waals surface area (Å²) >= 11 is 11.3. The molecule has 2 heterocycles. The first-order chi connectivity index (χ1) is 6.70. The lowest BCUT2D eigenvalue weighted by molar-refractivity contribution is 0.330. The van der Waals surface area contributed by atoms with Crippen LogP contribution in [0.1, 0.15) is 6.92 Å². The maximum absolute atomic E-state index is 5.67. The van der Waals surface area contributed by atoms with E-state index in [0.29, 0.717) is 23.7 Å². The fraction of sp³-hybridized carbons (Fsp3) is 0.286. The van der Waals surface area contributed by atoms with Gasteiger partial charge in [0.15, 0.2) is 5.65 Å². The molecule has 0 saturated heterocycles. The molecule has 0 aliphatic rings. The van der Waals surface area contributed by atoms with Gasteiger partial charge in [0.1, 0.15) is 5.52 Å². The SMILES string of the molecule is CCOc1nc(Cl)nc2nc(Cl)[nH]c12. The molecule has 0 aromatic carbocycles. The Bertz CT molecular complexity index is 470. The number of aromatic amines is 1. The highest BCUT2D eigenvalue weighted by atomic mass is 35.5. The number of halogens is 2. The zero-order valence-electron chi connectivity index (χ0n) is 7.21. The summed E-state index contributed by atoms with van der Waals surface area (Å²) in [5, 5.41) is 0.321. The zero-order valence-corrected chi connectivity index (χ0v) is 8.72. The minimum absolute atomic E-state index is 0.0871. The maximum atomic E-state index is 5.67. The third-order valence-electron chi connectivity index (χ3n) is 1.54. The molecule has 0 amide bonds. The molecule has 14 heavy (non-hydrogen) atoms.